The molecule has 0 radical (unpaired) electrons. The lowest BCUT2D eigenvalue weighted by molar-refractivity contribution is -0.143. The van der Waals surface area contributed by atoms with E-state index in [1.807, 2.05) is 6.07 Å². The van der Waals surface area contributed by atoms with Gasteiger partial charge in [-0.2, -0.15) is 0 Å². The van der Waals surface area contributed by atoms with Crippen molar-refractivity contribution in [2.24, 2.45) is 0 Å². The molecule has 0 aromatic carbocycles. The number of aromatic nitrogens is 2. The number of rotatable bonds is 10. The lowest BCUT2D eigenvalue weighted by Crippen LogP contribution is -2.28. The molecule has 0 fully saturated rings. The Morgan fingerprint density at radius 1 is 1.33 bits per heavy atom. The first-order chi connectivity index (χ1) is 16.1. The van der Waals surface area contributed by atoms with Gasteiger partial charge in [0.1, 0.15) is 10.6 Å². The molecule has 1 aliphatic carbocycles. The molecule has 0 unspecified atom stereocenters. The van der Waals surface area contributed by atoms with E-state index in [0.29, 0.717) is 35.9 Å². The highest BCUT2D eigenvalue weighted by molar-refractivity contribution is 7.99. The maximum Gasteiger partial charge on any atom is 0.305 e. The van der Waals surface area contributed by atoms with Crippen molar-refractivity contribution in [3.63, 3.8) is 0 Å². The van der Waals surface area contributed by atoms with E-state index >= 15 is 0 Å². The van der Waals surface area contributed by atoms with E-state index in [-0.39, 0.29) is 36.2 Å². The van der Waals surface area contributed by atoms with Crippen LogP contribution in [0.1, 0.15) is 48.8 Å². The van der Waals surface area contributed by atoms with Crippen LogP contribution in [0.5, 0.6) is 0 Å². The molecule has 1 N–H and O–H groups in total. The van der Waals surface area contributed by atoms with Gasteiger partial charge in [-0.15, -0.1) is 11.3 Å². The summed E-state index contributed by atoms with van der Waals surface area (Å²) in [5.41, 5.74) is 1.07. The monoisotopic (exact) mass is 489 g/mol. The molecule has 3 aromatic heterocycles. The fraction of sp³-hybridized carbons (Fsp3) is 0.478. The summed E-state index contributed by atoms with van der Waals surface area (Å²) < 4.78 is 12.0. The van der Waals surface area contributed by atoms with Gasteiger partial charge in [-0.05, 0) is 56.7 Å². The molecular weight excluding hydrogens is 462 g/mol. The fourth-order valence-corrected chi connectivity index (χ4v) is 6.03. The Hall–Kier alpha value is -2.59. The molecule has 10 heteroatoms. The molecule has 0 saturated carbocycles. The maximum atomic E-state index is 13.5. The Balaban J connectivity index is 1.49. The number of amides is 1. The predicted octanol–water partition coefficient (Wildman–Crippen LogP) is 3.53. The van der Waals surface area contributed by atoms with Gasteiger partial charge in [0.25, 0.3) is 5.56 Å². The van der Waals surface area contributed by atoms with Crippen molar-refractivity contribution in [2.45, 2.75) is 57.1 Å². The number of carbonyl (C=O) groups excluding carboxylic acids is 2. The van der Waals surface area contributed by atoms with Crippen molar-refractivity contribution >= 4 is 45.2 Å². The molecule has 33 heavy (non-hydrogen) atoms. The molecule has 0 spiro atoms. The smallest absolute Gasteiger partial charge is 0.305 e. The summed E-state index contributed by atoms with van der Waals surface area (Å²) in [6.45, 7) is 2.77. The van der Waals surface area contributed by atoms with E-state index in [0.717, 1.165) is 36.1 Å². The van der Waals surface area contributed by atoms with Crippen LogP contribution in [0.4, 0.5) is 0 Å². The van der Waals surface area contributed by atoms with E-state index in [1.54, 1.807) is 35.2 Å². The van der Waals surface area contributed by atoms with Gasteiger partial charge in [-0.25, -0.2) is 4.98 Å². The highest BCUT2D eigenvalue weighted by Gasteiger charge is 2.23. The van der Waals surface area contributed by atoms with Gasteiger partial charge in [0, 0.05) is 17.8 Å². The minimum atomic E-state index is -0.265. The predicted molar refractivity (Wildman–Crippen MR) is 128 cm³/mol. The number of hydrogen-bond acceptors (Lipinski definition) is 8. The zero-order valence-corrected chi connectivity index (χ0v) is 20.2. The molecular formula is C23H27N3O5S2. The number of carbonyl (C=O) groups is 2. The second-order valence-corrected chi connectivity index (χ2v) is 9.83. The van der Waals surface area contributed by atoms with Crippen LogP contribution in [0.3, 0.4) is 0 Å². The summed E-state index contributed by atoms with van der Waals surface area (Å²) in [7, 11) is 0. The van der Waals surface area contributed by atoms with Crippen LogP contribution in [0.25, 0.3) is 10.2 Å². The van der Waals surface area contributed by atoms with Crippen LogP contribution in [-0.2, 0) is 33.7 Å². The van der Waals surface area contributed by atoms with Gasteiger partial charge >= 0.3 is 5.97 Å². The van der Waals surface area contributed by atoms with Crippen molar-refractivity contribution in [1.82, 2.24) is 14.9 Å². The number of aryl methyl sites for hydroxylation is 2. The Bertz CT molecular complexity index is 1180. The Kier molecular flexibility index (Phi) is 7.87. The van der Waals surface area contributed by atoms with E-state index in [1.165, 1.54) is 16.6 Å². The van der Waals surface area contributed by atoms with Gasteiger partial charge < -0.3 is 14.5 Å². The van der Waals surface area contributed by atoms with Crippen molar-refractivity contribution in [2.75, 3.05) is 18.9 Å². The number of hydrogen-bond donors (Lipinski definition) is 1. The number of fused-ring (bicyclic) bond motifs is 3. The quantitative estimate of drug-likeness (QED) is 0.201. The van der Waals surface area contributed by atoms with Crippen molar-refractivity contribution < 1.29 is 18.7 Å². The molecule has 0 saturated heterocycles. The van der Waals surface area contributed by atoms with Crippen LogP contribution in [0.2, 0.25) is 0 Å². The number of thiophene rings is 1. The number of esters is 1. The summed E-state index contributed by atoms with van der Waals surface area (Å²) in [5.74, 6) is 0.348. The van der Waals surface area contributed by atoms with Crippen LogP contribution in [-0.4, -0.2) is 40.3 Å². The van der Waals surface area contributed by atoms with Crippen molar-refractivity contribution in [3.05, 3.63) is 45.0 Å². The Morgan fingerprint density at radius 3 is 2.97 bits per heavy atom. The zero-order chi connectivity index (χ0) is 23.2. The van der Waals surface area contributed by atoms with Gasteiger partial charge in [0.2, 0.25) is 5.91 Å². The minimum Gasteiger partial charge on any atom is -0.467 e. The number of thioether (sulfide) groups is 1. The maximum absolute atomic E-state index is 13.5. The standard InChI is InChI=1S/C23H27N3O5S2/c1-2-30-19(28)10-5-11-24-18(27)14-32-23-25-21-20(16-8-3-4-9-17(16)33-21)22(29)26(23)13-15-7-6-12-31-15/h6-7,12H,2-5,8-11,13-14H2,1H3,(H,24,27). The summed E-state index contributed by atoms with van der Waals surface area (Å²) >= 11 is 2.83. The molecule has 3 heterocycles. The zero-order valence-electron chi connectivity index (χ0n) is 18.6. The molecule has 3 aromatic rings. The third-order valence-electron chi connectivity index (χ3n) is 5.45. The van der Waals surface area contributed by atoms with Gasteiger partial charge in [-0.1, -0.05) is 11.8 Å². The van der Waals surface area contributed by atoms with Crippen molar-refractivity contribution in [1.29, 1.82) is 0 Å². The topological polar surface area (TPSA) is 103 Å². The molecule has 176 valence electrons. The van der Waals surface area contributed by atoms with E-state index in [4.69, 9.17) is 14.1 Å². The second kappa shape index (κ2) is 11.0. The summed E-state index contributed by atoms with van der Waals surface area (Å²) in [6.07, 6.45) is 6.49. The van der Waals surface area contributed by atoms with Crippen LogP contribution in [0.15, 0.2) is 32.8 Å². The van der Waals surface area contributed by atoms with Crippen LogP contribution in [0, 0.1) is 0 Å². The lowest BCUT2D eigenvalue weighted by atomic mass is 9.97. The van der Waals surface area contributed by atoms with E-state index in [2.05, 4.69) is 5.32 Å². The molecule has 1 amide bonds. The van der Waals surface area contributed by atoms with E-state index < -0.39 is 0 Å². The number of ether oxygens (including phenoxy) is 1. The first-order valence-electron chi connectivity index (χ1n) is 11.2. The normalized spacial score (nSPS) is 13.1. The summed E-state index contributed by atoms with van der Waals surface area (Å²) in [5, 5.41) is 4.03. The Morgan fingerprint density at radius 2 is 2.18 bits per heavy atom. The Labute approximate surface area is 199 Å². The molecule has 0 aliphatic heterocycles. The van der Waals surface area contributed by atoms with Gasteiger partial charge in [0.15, 0.2) is 5.16 Å². The minimum absolute atomic E-state index is 0.0758. The molecule has 4 rings (SSSR count). The molecule has 1 aliphatic rings. The fourth-order valence-electron chi connectivity index (χ4n) is 3.90. The SMILES string of the molecule is CCOC(=O)CCCNC(=O)CSc1nc2sc3c(c2c(=O)n1Cc1ccco1)CCCC3. The van der Waals surface area contributed by atoms with Crippen molar-refractivity contribution in [3.8, 4) is 0 Å². The average Bonchev–Trinajstić information content (AvgIpc) is 3.45. The highest BCUT2D eigenvalue weighted by Crippen LogP contribution is 2.34. The number of furan rings is 1. The first-order valence-corrected chi connectivity index (χ1v) is 13.0. The molecule has 0 bridgehead atoms. The van der Waals surface area contributed by atoms with E-state index in [9.17, 15) is 14.4 Å². The highest BCUT2D eigenvalue weighted by atomic mass is 32.2. The largest absolute Gasteiger partial charge is 0.467 e. The third-order valence-corrected chi connectivity index (χ3v) is 7.61. The van der Waals surface area contributed by atoms with Crippen LogP contribution < -0.4 is 10.9 Å². The number of nitrogens with zero attached hydrogens (tertiary/aromatic N) is 2. The molecule has 0 atom stereocenters. The lowest BCUT2D eigenvalue weighted by Gasteiger charge is -2.13. The average molecular weight is 490 g/mol. The first kappa shape index (κ1) is 23.6. The number of nitrogens with one attached hydrogen (secondary N) is 1. The van der Waals surface area contributed by atoms with Crippen LogP contribution >= 0.6 is 23.1 Å². The second-order valence-electron chi connectivity index (χ2n) is 7.80. The third kappa shape index (κ3) is 5.67. The summed E-state index contributed by atoms with van der Waals surface area (Å²) in [4.78, 5) is 44.0. The summed E-state index contributed by atoms with van der Waals surface area (Å²) in [6, 6.07) is 3.61. The van der Waals surface area contributed by atoms with Gasteiger partial charge in [0.05, 0.1) is 30.6 Å². The molecule has 8 nitrogen and oxygen atoms in total. The van der Waals surface area contributed by atoms with Gasteiger partial charge in [-0.3, -0.25) is 19.0 Å².